The van der Waals surface area contributed by atoms with Gasteiger partial charge < -0.3 is 10.1 Å². The van der Waals surface area contributed by atoms with E-state index in [2.05, 4.69) is 47.7 Å². The fourth-order valence-corrected chi connectivity index (χ4v) is 6.35. The summed E-state index contributed by atoms with van der Waals surface area (Å²) < 4.78 is 32.1. The molecule has 0 atom stereocenters. The summed E-state index contributed by atoms with van der Waals surface area (Å²) in [7, 11) is -2.97. The molecule has 13 nitrogen and oxygen atoms in total. The molecule has 5 aromatic rings. The van der Waals surface area contributed by atoms with Crippen molar-refractivity contribution in [3.05, 3.63) is 78.4 Å². The quantitative estimate of drug-likeness (QED) is 0.207. The predicted molar refractivity (Wildman–Crippen MR) is 178 cm³/mol. The van der Waals surface area contributed by atoms with Gasteiger partial charge in [0.2, 0.25) is 0 Å². The summed E-state index contributed by atoms with van der Waals surface area (Å²) in [6, 6.07) is 16.3. The summed E-state index contributed by atoms with van der Waals surface area (Å²) in [5, 5.41) is 16.3. The number of hydrogen-bond donors (Lipinski definition) is 2. The summed E-state index contributed by atoms with van der Waals surface area (Å²) in [5.41, 5.74) is 5.37. The molecule has 4 heterocycles. The number of aromatic nitrogens is 5. The Kier molecular flexibility index (Phi) is 9.47. The van der Waals surface area contributed by atoms with Gasteiger partial charge in [0.25, 0.3) is 0 Å². The molecule has 1 aliphatic rings. The number of fused-ring (bicyclic) bond motifs is 2. The van der Waals surface area contributed by atoms with Crippen LogP contribution in [0.5, 0.6) is 0 Å². The standard InChI is InChI=1S/C32H39N9O4S/c1-3-27-28(37-32(42)45-17-15-38-11-13-39(14-12-38)16-18-46(2,43)44)22-41-30(27)31(33-23-35-41)36-26-9-10-29-25(19-26)20-34-40(29)21-24-7-5-4-6-8-24/h4-10,19-20,22-23H,3,11-18,21H2,1-2H3,(H,37,42)(H,33,35,36). The first kappa shape index (κ1) is 31.5. The van der Waals surface area contributed by atoms with E-state index in [4.69, 9.17) is 4.74 Å². The highest BCUT2D eigenvalue weighted by molar-refractivity contribution is 7.90. The number of benzene rings is 2. The van der Waals surface area contributed by atoms with Gasteiger partial charge in [0.1, 0.15) is 28.3 Å². The van der Waals surface area contributed by atoms with E-state index in [0.717, 1.165) is 53.8 Å². The number of ether oxygens (including phenoxy) is 1. The van der Waals surface area contributed by atoms with E-state index >= 15 is 0 Å². The van der Waals surface area contributed by atoms with Gasteiger partial charge in [-0.15, -0.1) is 0 Å². The van der Waals surface area contributed by atoms with Gasteiger partial charge in [-0.25, -0.2) is 22.7 Å². The van der Waals surface area contributed by atoms with Crippen LogP contribution < -0.4 is 10.6 Å². The maximum atomic E-state index is 12.8. The van der Waals surface area contributed by atoms with Crippen molar-refractivity contribution in [3.63, 3.8) is 0 Å². The average Bonchev–Trinajstić information content (AvgIpc) is 3.61. The van der Waals surface area contributed by atoms with E-state index in [1.807, 2.05) is 54.2 Å². The van der Waals surface area contributed by atoms with Crippen LogP contribution in [0.2, 0.25) is 0 Å². The van der Waals surface area contributed by atoms with E-state index in [9.17, 15) is 13.2 Å². The van der Waals surface area contributed by atoms with Crippen molar-refractivity contribution in [2.75, 3.05) is 68.5 Å². The minimum Gasteiger partial charge on any atom is -0.448 e. The zero-order valence-corrected chi connectivity index (χ0v) is 26.9. The fraction of sp³-hybridized carbons (Fsp3) is 0.375. The van der Waals surface area contributed by atoms with Crippen LogP contribution in [0, 0.1) is 0 Å². The Morgan fingerprint density at radius 1 is 1.00 bits per heavy atom. The van der Waals surface area contributed by atoms with E-state index in [1.165, 1.54) is 18.1 Å². The molecule has 6 rings (SSSR count). The van der Waals surface area contributed by atoms with Crippen molar-refractivity contribution in [2.45, 2.75) is 19.9 Å². The molecule has 46 heavy (non-hydrogen) atoms. The van der Waals surface area contributed by atoms with Gasteiger partial charge in [-0.2, -0.15) is 10.2 Å². The number of hydrogen-bond acceptors (Lipinski definition) is 10. The van der Waals surface area contributed by atoms with Crippen LogP contribution in [0.1, 0.15) is 18.1 Å². The Morgan fingerprint density at radius 3 is 2.50 bits per heavy atom. The lowest BCUT2D eigenvalue weighted by atomic mass is 10.2. The van der Waals surface area contributed by atoms with Crippen LogP contribution in [0.15, 0.2) is 67.3 Å². The highest BCUT2D eigenvalue weighted by atomic mass is 32.2. The van der Waals surface area contributed by atoms with E-state index < -0.39 is 15.9 Å². The summed E-state index contributed by atoms with van der Waals surface area (Å²) >= 11 is 0. The van der Waals surface area contributed by atoms with Gasteiger partial charge in [-0.1, -0.05) is 37.3 Å². The second kappa shape index (κ2) is 13.8. The van der Waals surface area contributed by atoms with Crippen molar-refractivity contribution < 1.29 is 17.9 Å². The molecule has 0 aliphatic carbocycles. The lowest BCUT2D eigenvalue weighted by Crippen LogP contribution is -2.48. The molecule has 1 amide bonds. The zero-order chi connectivity index (χ0) is 32.1. The maximum Gasteiger partial charge on any atom is 0.411 e. The van der Waals surface area contributed by atoms with Crippen LogP contribution in [0.4, 0.5) is 22.0 Å². The van der Waals surface area contributed by atoms with Gasteiger partial charge in [0.05, 0.1) is 35.9 Å². The van der Waals surface area contributed by atoms with Gasteiger partial charge in [0.15, 0.2) is 5.82 Å². The number of carbonyl (C=O) groups excluding carboxylic acids is 1. The normalized spacial score (nSPS) is 14.6. The Bertz CT molecular complexity index is 1920. The lowest BCUT2D eigenvalue weighted by Gasteiger charge is -2.34. The second-order valence-electron chi connectivity index (χ2n) is 11.5. The number of aryl methyl sites for hydroxylation is 1. The molecule has 2 N–H and O–H groups in total. The molecular formula is C32H39N9O4S. The molecule has 0 bridgehead atoms. The van der Waals surface area contributed by atoms with Crippen molar-refractivity contribution in [1.82, 2.24) is 34.2 Å². The third-order valence-electron chi connectivity index (χ3n) is 8.23. The molecule has 242 valence electrons. The molecule has 0 radical (unpaired) electrons. The first-order chi connectivity index (χ1) is 22.3. The van der Waals surface area contributed by atoms with Crippen LogP contribution in [-0.4, -0.2) is 107 Å². The number of nitrogens with one attached hydrogen (secondary N) is 2. The Labute approximate surface area is 268 Å². The second-order valence-corrected chi connectivity index (χ2v) is 13.8. The minimum absolute atomic E-state index is 0.173. The number of carbonyl (C=O) groups is 1. The zero-order valence-electron chi connectivity index (χ0n) is 26.1. The Morgan fingerprint density at radius 2 is 1.76 bits per heavy atom. The predicted octanol–water partition coefficient (Wildman–Crippen LogP) is 3.64. The molecule has 1 aliphatic heterocycles. The summed E-state index contributed by atoms with van der Waals surface area (Å²) in [4.78, 5) is 21.7. The highest BCUT2D eigenvalue weighted by Gasteiger charge is 2.20. The lowest BCUT2D eigenvalue weighted by molar-refractivity contribution is 0.103. The first-order valence-corrected chi connectivity index (χ1v) is 17.5. The summed E-state index contributed by atoms with van der Waals surface area (Å²) in [6.45, 7) is 7.32. The summed E-state index contributed by atoms with van der Waals surface area (Å²) in [6.07, 6.45) is 6.49. The molecular weight excluding hydrogens is 606 g/mol. The SMILES string of the molecule is CCc1c(NC(=O)OCCN2CCN(CCS(C)(=O)=O)CC2)cn2ncnc(Nc3ccc4c(cnn4Cc4ccccc4)c3)c12. The maximum absolute atomic E-state index is 12.8. The van der Waals surface area contributed by atoms with Crippen LogP contribution in [-0.2, 0) is 27.5 Å². The third kappa shape index (κ3) is 7.63. The number of piperazine rings is 1. The van der Waals surface area contributed by atoms with E-state index in [0.29, 0.717) is 37.6 Å². The van der Waals surface area contributed by atoms with Crippen molar-refractivity contribution in [3.8, 4) is 0 Å². The van der Waals surface area contributed by atoms with Gasteiger partial charge in [-0.3, -0.25) is 19.8 Å². The van der Waals surface area contributed by atoms with Crippen molar-refractivity contribution >= 4 is 49.5 Å². The number of nitrogens with zero attached hydrogens (tertiary/aromatic N) is 7. The molecule has 14 heteroatoms. The topological polar surface area (TPSA) is 139 Å². The van der Waals surface area contributed by atoms with Crippen molar-refractivity contribution in [2.24, 2.45) is 0 Å². The van der Waals surface area contributed by atoms with E-state index in [1.54, 1.807) is 10.7 Å². The molecule has 0 saturated carbocycles. The van der Waals surface area contributed by atoms with E-state index in [-0.39, 0.29) is 12.4 Å². The molecule has 0 unspecified atom stereocenters. The monoisotopic (exact) mass is 645 g/mol. The van der Waals surface area contributed by atoms with Crippen molar-refractivity contribution in [1.29, 1.82) is 0 Å². The van der Waals surface area contributed by atoms with Gasteiger partial charge in [0, 0.05) is 62.2 Å². The largest absolute Gasteiger partial charge is 0.448 e. The first-order valence-electron chi connectivity index (χ1n) is 15.4. The fourth-order valence-electron chi connectivity index (χ4n) is 5.76. The van der Waals surface area contributed by atoms with Crippen LogP contribution in [0.3, 0.4) is 0 Å². The van der Waals surface area contributed by atoms with Crippen LogP contribution in [0.25, 0.3) is 16.4 Å². The number of amides is 1. The summed E-state index contributed by atoms with van der Waals surface area (Å²) in [5.74, 6) is 0.798. The molecule has 3 aromatic heterocycles. The Balaban J connectivity index is 1.07. The molecule has 1 saturated heterocycles. The molecule has 2 aromatic carbocycles. The van der Waals surface area contributed by atoms with Gasteiger partial charge in [-0.05, 0) is 30.2 Å². The number of sulfone groups is 1. The van der Waals surface area contributed by atoms with Crippen LogP contribution >= 0.6 is 0 Å². The number of anilines is 3. The Hall–Kier alpha value is -4.53. The third-order valence-corrected chi connectivity index (χ3v) is 9.16. The molecule has 0 spiro atoms. The number of rotatable bonds is 12. The average molecular weight is 646 g/mol. The smallest absolute Gasteiger partial charge is 0.411 e. The van der Waals surface area contributed by atoms with Gasteiger partial charge >= 0.3 is 6.09 Å². The highest BCUT2D eigenvalue weighted by Crippen LogP contribution is 2.30. The molecule has 1 fully saturated rings. The minimum atomic E-state index is -2.97.